The van der Waals surface area contributed by atoms with Crippen LogP contribution < -0.4 is 20.1 Å². The molecule has 0 saturated heterocycles. The van der Waals surface area contributed by atoms with Crippen LogP contribution in [0.15, 0.2) is 42.5 Å². The summed E-state index contributed by atoms with van der Waals surface area (Å²) < 4.78 is 11.1. The van der Waals surface area contributed by atoms with Crippen LogP contribution in [0.5, 0.6) is 11.5 Å². The molecule has 0 spiro atoms. The van der Waals surface area contributed by atoms with Crippen LogP contribution in [0.1, 0.15) is 49.3 Å². The molecule has 2 amide bonds. The molecule has 1 aliphatic heterocycles. The molecule has 0 unspecified atom stereocenters. The molecule has 2 aromatic rings. The topological polar surface area (TPSA) is 79.9 Å². The van der Waals surface area contributed by atoms with E-state index in [0.717, 1.165) is 17.7 Å². The molecule has 1 aliphatic rings. The number of anilines is 1. The van der Waals surface area contributed by atoms with Crippen molar-refractivity contribution in [2.45, 2.75) is 39.4 Å². The minimum Gasteiger partial charge on any atom is -0.493 e. The number of benzene rings is 2. The number of ether oxygens (including phenoxy) is 2. The number of likely N-dealkylation sites (N-methyl/N-ethyl adjacent to an activating group) is 1. The third kappa shape index (κ3) is 4.35. The maximum atomic E-state index is 13.2. The van der Waals surface area contributed by atoms with Crippen LogP contribution in [0.3, 0.4) is 0 Å². The predicted octanol–water partition coefficient (Wildman–Crippen LogP) is 3.58. The highest BCUT2D eigenvalue weighted by atomic mass is 16.5. The second kappa shape index (κ2) is 9.52. The quantitative estimate of drug-likeness (QED) is 0.694. The van der Waals surface area contributed by atoms with Crippen LogP contribution in [0, 0.1) is 0 Å². The lowest BCUT2D eigenvalue weighted by molar-refractivity contribution is -0.123. The van der Waals surface area contributed by atoms with E-state index in [4.69, 9.17) is 9.47 Å². The summed E-state index contributed by atoms with van der Waals surface area (Å²) in [6, 6.07) is 13.1. The number of amides is 2. The molecule has 30 heavy (non-hydrogen) atoms. The minimum absolute atomic E-state index is 0.000713. The van der Waals surface area contributed by atoms with Gasteiger partial charge in [-0.2, -0.15) is 0 Å². The molecule has 0 aliphatic carbocycles. The van der Waals surface area contributed by atoms with E-state index in [1.807, 2.05) is 55.1 Å². The number of rotatable bonds is 8. The van der Waals surface area contributed by atoms with Crippen LogP contribution in [-0.4, -0.2) is 43.0 Å². The van der Waals surface area contributed by atoms with Gasteiger partial charge in [-0.15, -0.1) is 0 Å². The third-order valence-electron chi connectivity index (χ3n) is 5.26. The van der Waals surface area contributed by atoms with E-state index in [0.29, 0.717) is 23.6 Å². The number of carbonyl (C=O) groups excluding carboxylic acids is 2. The molecule has 2 aromatic carbocycles. The summed E-state index contributed by atoms with van der Waals surface area (Å²) in [6.07, 6.45) is 0.491. The first kappa shape index (κ1) is 21.5. The van der Waals surface area contributed by atoms with Gasteiger partial charge in [0, 0.05) is 18.3 Å². The highest BCUT2D eigenvalue weighted by Crippen LogP contribution is 2.38. The first-order chi connectivity index (χ1) is 14.5. The lowest BCUT2D eigenvalue weighted by Crippen LogP contribution is -2.47. The average molecular weight is 412 g/mol. The summed E-state index contributed by atoms with van der Waals surface area (Å²) >= 11 is 0. The van der Waals surface area contributed by atoms with Crippen molar-refractivity contribution in [3.8, 4) is 11.5 Å². The lowest BCUT2D eigenvalue weighted by Gasteiger charge is -2.41. The Hall–Kier alpha value is -3.22. The first-order valence-corrected chi connectivity index (χ1v) is 10.3. The smallest absolute Gasteiger partial charge is 0.258 e. The molecule has 0 radical (unpaired) electrons. The molecule has 7 nitrogen and oxygen atoms in total. The van der Waals surface area contributed by atoms with Crippen molar-refractivity contribution >= 4 is 17.5 Å². The van der Waals surface area contributed by atoms with Gasteiger partial charge in [-0.05, 0) is 50.1 Å². The molecular weight excluding hydrogens is 382 g/mol. The molecular formula is C23H29N3O4. The molecule has 0 saturated carbocycles. The van der Waals surface area contributed by atoms with Gasteiger partial charge in [0.25, 0.3) is 11.8 Å². The number of carbonyl (C=O) groups is 2. The Morgan fingerprint density at radius 2 is 1.97 bits per heavy atom. The van der Waals surface area contributed by atoms with Gasteiger partial charge < -0.3 is 25.0 Å². The lowest BCUT2D eigenvalue weighted by atomic mass is 10.0. The van der Waals surface area contributed by atoms with Crippen molar-refractivity contribution in [2.24, 2.45) is 0 Å². The van der Waals surface area contributed by atoms with Crippen molar-refractivity contribution in [1.29, 1.82) is 0 Å². The zero-order valence-electron chi connectivity index (χ0n) is 17.9. The summed E-state index contributed by atoms with van der Waals surface area (Å²) in [5.41, 5.74) is 2.35. The maximum Gasteiger partial charge on any atom is 0.258 e. The van der Waals surface area contributed by atoms with Crippen LogP contribution in [-0.2, 0) is 4.79 Å². The molecule has 160 valence electrons. The van der Waals surface area contributed by atoms with E-state index in [1.165, 1.54) is 0 Å². The summed E-state index contributed by atoms with van der Waals surface area (Å²) in [6.45, 7) is 6.42. The van der Waals surface area contributed by atoms with Gasteiger partial charge >= 0.3 is 0 Å². The zero-order chi connectivity index (χ0) is 21.7. The maximum absolute atomic E-state index is 13.2. The standard InChI is InChI=1S/C23H29N3O4/c1-5-15(3)26-22(25-18-10-8-7-9-17(18)23(26)28)16-11-12-19(20(13-16)29-4)30-14-21(27)24-6-2/h7-13,15,22,25H,5-6,14H2,1-4H3,(H,24,27)/t15-,22-/m0/s1. The molecule has 0 aromatic heterocycles. The van der Waals surface area contributed by atoms with E-state index in [-0.39, 0.29) is 30.6 Å². The van der Waals surface area contributed by atoms with Gasteiger partial charge in [0.15, 0.2) is 18.1 Å². The molecule has 0 bridgehead atoms. The minimum atomic E-state index is -0.339. The SMILES string of the molecule is CCNC(=O)COc1ccc([C@H]2Nc3ccccc3C(=O)N2[C@@H](C)CC)cc1OC. The normalized spacial score (nSPS) is 16.3. The molecule has 3 rings (SSSR count). The van der Waals surface area contributed by atoms with E-state index in [9.17, 15) is 9.59 Å². The third-order valence-corrected chi connectivity index (χ3v) is 5.26. The van der Waals surface area contributed by atoms with Crippen LogP contribution >= 0.6 is 0 Å². The van der Waals surface area contributed by atoms with Gasteiger partial charge in [0.2, 0.25) is 0 Å². The van der Waals surface area contributed by atoms with Crippen LogP contribution in [0.4, 0.5) is 5.69 Å². The van der Waals surface area contributed by atoms with Crippen molar-refractivity contribution in [3.05, 3.63) is 53.6 Å². The van der Waals surface area contributed by atoms with E-state index < -0.39 is 0 Å². The summed E-state index contributed by atoms with van der Waals surface area (Å²) in [5.74, 6) is 0.793. The number of hydrogen-bond donors (Lipinski definition) is 2. The number of para-hydroxylation sites is 1. The second-order valence-corrected chi connectivity index (χ2v) is 7.21. The highest BCUT2D eigenvalue weighted by molar-refractivity contribution is 6.01. The van der Waals surface area contributed by atoms with Gasteiger partial charge in [-0.3, -0.25) is 9.59 Å². The Balaban J connectivity index is 1.92. The van der Waals surface area contributed by atoms with E-state index in [2.05, 4.69) is 17.6 Å². The first-order valence-electron chi connectivity index (χ1n) is 10.3. The molecule has 2 atom stereocenters. The largest absolute Gasteiger partial charge is 0.493 e. The van der Waals surface area contributed by atoms with Gasteiger partial charge in [-0.25, -0.2) is 0 Å². The summed E-state index contributed by atoms with van der Waals surface area (Å²) in [4.78, 5) is 26.8. The highest BCUT2D eigenvalue weighted by Gasteiger charge is 2.35. The van der Waals surface area contributed by atoms with Crippen molar-refractivity contribution in [2.75, 3.05) is 25.6 Å². The summed E-state index contributed by atoms with van der Waals surface area (Å²) in [7, 11) is 1.55. The number of fused-ring (bicyclic) bond motifs is 1. The van der Waals surface area contributed by atoms with Crippen LogP contribution in [0.25, 0.3) is 0 Å². The van der Waals surface area contributed by atoms with Crippen molar-refractivity contribution < 1.29 is 19.1 Å². The zero-order valence-corrected chi connectivity index (χ0v) is 17.9. The van der Waals surface area contributed by atoms with Gasteiger partial charge in [0.05, 0.1) is 12.7 Å². The molecule has 0 fully saturated rings. The van der Waals surface area contributed by atoms with Gasteiger partial charge in [-0.1, -0.05) is 25.1 Å². The van der Waals surface area contributed by atoms with E-state index in [1.54, 1.807) is 13.2 Å². The fourth-order valence-corrected chi connectivity index (χ4v) is 3.53. The molecule has 1 heterocycles. The second-order valence-electron chi connectivity index (χ2n) is 7.21. The molecule has 7 heteroatoms. The average Bonchev–Trinajstić information content (AvgIpc) is 2.77. The number of hydrogen-bond acceptors (Lipinski definition) is 5. The predicted molar refractivity (Wildman–Crippen MR) is 116 cm³/mol. The van der Waals surface area contributed by atoms with Crippen molar-refractivity contribution in [3.63, 3.8) is 0 Å². The van der Waals surface area contributed by atoms with Crippen molar-refractivity contribution in [1.82, 2.24) is 10.2 Å². The Labute approximate surface area is 177 Å². The number of methoxy groups -OCH3 is 1. The number of nitrogens with one attached hydrogen (secondary N) is 2. The molecule has 2 N–H and O–H groups in total. The monoisotopic (exact) mass is 411 g/mol. The fraction of sp³-hybridized carbons (Fsp3) is 0.391. The Bertz CT molecular complexity index is 915. The summed E-state index contributed by atoms with van der Waals surface area (Å²) in [5, 5.41) is 6.19. The fourth-order valence-electron chi connectivity index (χ4n) is 3.53. The van der Waals surface area contributed by atoms with Gasteiger partial charge in [0.1, 0.15) is 6.17 Å². The van der Waals surface area contributed by atoms with Crippen LogP contribution in [0.2, 0.25) is 0 Å². The Kier molecular flexibility index (Phi) is 6.82. The number of nitrogens with zero attached hydrogens (tertiary/aromatic N) is 1. The Morgan fingerprint density at radius 3 is 2.67 bits per heavy atom. The Morgan fingerprint density at radius 1 is 1.20 bits per heavy atom. The van der Waals surface area contributed by atoms with E-state index >= 15 is 0 Å².